The number of benzene rings is 2. The number of amides is 1. The van der Waals surface area contributed by atoms with Gasteiger partial charge in [-0.25, -0.2) is 0 Å². The second-order valence-electron chi connectivity index (χ2n) is 5.86. The molecule has 5 nitrogen and oxygen atoms in total. The molecular weight excluding hydrogens is 373 g/mol. The third kappa shape index (κ3) is 5.00. The highest BCUT2D eigenvalue weighted by molar-refractivity contribution is 5.95. The van der Waals surface area contributed by atoms with Gasteiger partial charge >= 0.3 is 6.36 Å². The van der Waals surface area contributed by atoms with Gasteiger partial charge < -0.3 is 15.3 Å². The smallest absolute Gasteiger partial charge is 0.573 e. The van der Waals surface area contributed by atoms with Crippen LogP contribution in [-0.4, -0.2) is 12.3 Å². The zero-order chi connectivity index (χ0) is 20.1. The van der Waals surface area contributed by atoms with Crippen LogP contribution in [0.3, 0.4) is 0 Å². The van der Waals surface area contributed by atoms with Crippen molar-refractivity contribution in [2.24, 2.45) is 0 Å². The number of pyridine rings is 1. The molecule has 0 saturated heterocycles. The van der Waals surface area contributed by atoms with Crippen molar-refractivity contribution in [1.82, 2.24) is 5.32 Å². The number of rotatable bonds is 5. The van der Waals surface area contributed by atoms with Gasteiger partial charge in [-0.3, -0.25) is 4.79 Å². The van der Waals surface area contributed by atoms with Crippen molar-refractivity contribution in [2.75, 3.05) is 0 Å². The van der Waals surface area contributed by atoms with Crippen LogP contribution in [0.5, 0.6) is 5.75 Å². The summed E-state index contributed by atoms with van der Waals surface area (Å²) in [7, 11) is 0. The molecule has 0 atom stereocenters. The highest BCUT2D eigenvalue weighted by atomic mass is 19.4. The number of hydrogen-bond acceptors (Lipinski definition) is 3. The van der Waals surface area contributed by atoms with Crippen molar-refractivity contribution in [3.05, 3.63) is 89.4 Å². The first-order valence-corrected chi connectivity index (χ1v) is 8.23. The van der Waals surface area contributed by atoms with Crippen molar-refractivity contribution in [1.29, 1.82) is 0 Å². The number of halogens is 3. The Balaban J connectivity index is 1.76. The number of nitrogens with one attached hydrogen (secondary N) is 1. The predicted octanol–water partition coefficient (Wildman–Crippen LogP) is 3.82. The molecule has 2 aromatic carbocycles. The van der Waals surface area contributed by atoms with Crippen LogP contribution in [0.1, 0.15) is 16.1 Å². The fourth-order valence-corrected chi connectivity index (χ4v) is 2.59. The van der Waals surface area contributed by atoms with Gasteiger partial charge in [-0.1, -0.05) is 24.3 Å². The molecule has 8 heteroatoms. The Morgan fingerprint density at radius 1 is 1.00 bits per heavy atom. The van der Waals surface area contributed by atoms with Gasteiger partial charge in [0.05, 0.1) is 0 Å². The van der Waals surface area contributed by atoms with Crippen LogP contribution < -0.4 is 14.8 Å². The van der Waals surface area contributed by atoms with Crippen LogP contribution in [-0.2, 0) is 6.54 Å². The van der Waals surface area contributed by atoms with Crippen LogP contribution >= 0.6 is 0 Å². The summed E-state index contributed by atoms with van der Waals surface area (Å²) in [5.74, 6) is -0.752. The zero-order valence-electron chi connectivity index (χ0n) is 14.4. The molecule has 0 aliphatic rings. The molecule has 3 rings (SSSR count). The van der Waals surface area contributed by atoms with Crippen molar-refractivity contribution in [3.63, 3.8) is 0 Å². The molecule has 144 valence electrons. The maximum absolute atomic E-state index is 12.4. The van der Waals surface area contributed by atoms with E-state index < -0.39 is 12.3 Å². The third-order valence-electron chi connectivity index (χ3n) is 3.86. The quantitative estimate of drug-likeness (QED) is 0.534. The van der Waals surface area contributed by atoms with Gasteiger partial charge in [0.1, 0.15) is 12.3 Å². The minimum atomic E-state index is -4.78. The molecule has 0 bridgehead atoms. The highest BCUT2D eigenvalue weighted by Crippen LogP contribution is 2.28. The summed E-state index contributed by atoms with van der Waals surface area (Å²) in [4.78, 5) is 12.4. The average Bonchev–Trinajstić information content (AvgIpc) is 2.66. The fraction of sp³-hybridized carbons (Fsp3) is 0.100. The Morgan fingerprint density at radius 2 is 1.71 bits per heavy atom. The maximum atomic E-state index is 12.4. The zero-order valence-corrected chi connectivity index (χ0v) is 14.4. The summed E-state index contributed by atoms with van der Waals surface area (Å²) in [5, 5.41) is 14.3. The molecule has 3 aromatic rings. The molecule has 0 aliphatic carbocycles. The lowest BCUT2D eigenvalue weighted by atomic mass is 10.0. The minimum Gasteiger partial charge on any atom is -0.618 e. The summed E-state index contributed by atoms with van der Waals surface area (Å²) in [6.45, 7) is 0.0440. The Morgan fingerprint density at radius 3 is 2.43 bits per heavy atom. The summed E-state index contributed by atoms with van der Waals surface area (Å²) in [6, 6.07) is 16.8. The molecule has 1 amide bonds. The largest absolute Gasteiger partial charge is 0.618 e. The van der Waals surface area contributed by atoms with E-state index in [9.17, 15) is 23.2 Å². The molecule has 1 aromatic heterocycles. The van der Waals surface area contributed by atoms with Gasteiger partial charge in [-0.15, -0.1) is 13.2 Å². The molecule has 0 fully saturated rings. The summed E-state index contributed by atoms with van der Waals surface area (Å²) >= 11 is 0. The number of carbonyl (C=O) groups excluding carboxylic acids is 1. The van der Waals surface area contributed by atoms with Crippen LogP contribution in [0.4, 0.5) is 13.2 Å². The lowest BCUT2D eigenvalue weighted by molar-refractivity contribution is -0.614. The number of ether oxygens (including phenoxy) is 1. The molecule has 1 heterocycles. The van der Waals surface area contributed by atoms with Crippen molar-refractivity contribution in [2.45, 2.75) is 12.9 Å². The molecule has 1 N–H and O–H groups in total. The van der Waals surface area contributed by atoms with E-state index >= 15 is 0 Å². The standard InChI is InChI=1S/C20H15F3N2O3/c21-20(22,23)28-18-9-4-6-15(12-18)14-5-3-7-16(11-14)19(26)24-13-17-8-1-2-10-25(17)27/h1-12H,13H2,(H,24,26). The molecular formula is C20H15F3N2O3. The SMILES string of the molecule is O=C(NCc1cccc[n+]1[O-])c1cccc(-c2cccc(OC(F)(F)F)c2)c1. The number of alkyl halides is 3. The maximum Gasteiger partial charge on any atom is 0.573 e. The summed E-state index contributed by atoms with van der Waals surface area (Å²) in [6.07, 6.45) is -3.45. The monoisotopic (exact) mass is 388 g/mol. The normalized spacial score (nSPS) is 11.1. The van der Waals surface area contributed by atoms with Crippen LogP contribution in [0, 0.1) is 5.21 Å². The van der Waals surface area contributed by atoms with E-state index in [1.54, 1.807) is 48.5 Å². The minimum absolute atomic E-state index is 0.0440. The lowest BCUT2D eigenvalue weighted by Gasteiger charge is -2.11. The average molecular weight is 388 g/mol. The number of hydrogen-bond donors (Lipinski definition) is 1. The molecule has 0 spiro atoms. The van der Waals surface area contributed by atoms with E-state index in [0.29, 0.717) is 27.1 Å². The fourth-order valence-electron chi connectivity index (χ4n) is 2.59. The molecule has 0 saturated carbocycles. The molecule has 28 heavy (non-hydrogen) atoms. The van der Waals surface area contributed by atoms with Gasteiger partial charge in [0.25, 0.3) is 5.91 Å². The number of aromatic nitrogens is 1. The van der Waals surface area contributed by atoms with E-state index in [4.69, 9.17) is 0 Å². The predicted molar refractivity (Wildman–Crippen MR) is 95.1 cm³/mol. The molecule has 0 aliphatic heterocycles. The second-order valence-corrected chi connectivity index (χ2v) is 5.86. The van der Waals surface area contributed by atoms with Crippen molar-refractivity contribution < 1.29 is 27.4 Å². The number of nitrogens with zero attached hydrogens (tertiary/aromatic N) is 1. The molecule has 0 unspecified atom stereocenters. The Bertz CT molecular complexity index is 990. The van der Waals surface area contributed by atoms with E-state index in [0.717, 1.165) is 0 Å². The Labute approximate surface area is 158 Å². The lowest BCUT2D eigenvalue weighted by Crippen LogP contribution is -2.35. The van der Waals surface area contributed by atoms with Gasteiger partial charge in [0.15, 0.2) is 6.20 Å². The third-order valence-corrected chi connectivity index (χ3v) is 3.86. The van der Waals surface area contributed by atoms with Crippen LogP contribution in [0.15, 0.2) is 72.9 Å². The van der Waals surface area contributed by atoms with Crippen molar-refractivity contribution in [3.8, 4) is 16.9 Å². The van der Waals surface area contributed by atoms with Gasteiger partial charge in [-0.05, 0) is 41.5 Å². The van der Waals surface area contributed by atoms with Crippen LogP contribution in [0.25, 0.3) is 11.1 Å². The first-order valence-electron chi connectivity index (χ1n) is 8.23. The van der Waals surface area contributed by atoms with E-state index in [1.807, 2.05) is 0 Å². The van der Waals surface area contributed by atoms with E-state index in [2.05, 4.69) is 10.1 Å². The van der Waals surface area contributed by atoms with Crippen molar-refractivity contribution >= 4 is 5.91 Å². The Hall–Kier alpha value is -3.55. The first-order chi connectivity index (χ1) is 13.3. The van der Waals surface area contributed by atoms with E-state index in [-0.39, 0.29) is 12.3 Å². The summed E-state index contributed by atoms with van der Waals surface area (Å²) in [5.41, 5.74) is 1.72. The van der Waals surface area contributed by atoms with Gasteiger partial charge in [0, 0.05) is 17.7 Å². The second kappa shape index (κ2) is 7.99. The highest BCUT2D eigenvalue weighted by Gasteiger charge is 2.31. The van der Waals surface area contributed by atoms with Crippen LogP contribution in [0.2, 0.25) is 0 Å². The van der Waals surface area contributed by atoms with Gasteiger partial charge in [-0.2, -0.15) is 4.73 Å². The molecule has 0 radical (unpaired) electrons. The number of carbonyl (C=O) groups is 1. The Kier molecular flexibility index (Phi) is 5.49. The first kappa shape index (κ1) is 19.2. The van der Waals surface area contributed by atoms with E-state index in [1.165, 1.54) is 24.4 Å². The summed E-state index contributed by atoms with van der Waals surface area (Å²) < 4.78 is 41.8. The topological polar surface area (TPSA) is 65.3 Å². The van der Waals surface area contributed by atoms with Gasteiger partial charge in [0.2, 0.25) is 5.69 Å².